The van der Waals surface area contributed by atoms with Crippen LogP contribution in [0.15, 0.2) is 48.8 Å². The van der Waals surface area contributed by atoms with Crippen molar-refractivity contribution in [1.82, 2.24) is 10.3 Å². The molecule has 1 N–H and O–H groups in total. The number of hydrogen-bond donors (Lipinski definition) is 1. The Hall–Kier alpha value is -1.87. The number of aromatic nitrogens is 1. The van der Waals surface area contributed by atoms with Gasteiger partial charge >= 0.3 is 0 Å². The summed E-state index contributed by atoms with van der Waals surface area (Å²) in [6, 6.07) is 11.8. The van der Waals surface area contributed by atoms with Crippen LogP contribution < -0.4 is 5.32 Å². The number of halogens is 1. The highest BCUT2D eigenvalue weighted by molar-refractivity contribution is 6.33. The summed E-state index contributed by atoms with van der Waals surface area (Å²) < 4.78 is 0. The Morgan fingerprint density at radius 1 is 1.21 bits per heavy atom. The second kappa shape index (κ2) is 6.90. The number of carbonyl (C=O) groups excluding carboxylic acids is 1. The fraction of sp³-hybridized carbons (Fsp3) is 0.200. The van der Waals surface area contributed by atoms with Gasteiger partial charge in [0, 0.05) is 18.9 Å². The van der Waals surface area contributed by atoms with Crippen LogP contribution in [0.2, 0.25) is 5.02 Å². The highest BCUT2D eigenvalue weighted by atomic mass is 35.5. The fourth-order valence-corrected chi connectivity index (χ4v) is 1.97. The van der Waals surface area contributed by atoms with Crippen LogP contribution in [0, 0.1) is 0 Å². The molecule has 0 saturated heterocycles. The molecule has 0 atom stereocenters. The Morgan fingerprint density at radius 2 is 2.00 bits per heavy atom. The van der Waals surface area contributed by atoms with Gasteiger partial charge in [0.2, 0.25) is 0 Å². The average molecular weight is 275 g/mol. The first-order chi connectivity index (χ1) is 9.27. The molecule has 4 heteroatoms. The van der Waals surface area contributed by atoms with Crippen LogP contribution in [-0.4, -0.2) is 17.4 Å². The lowest BCUT2D eigenvalue weighted by Gasteiger charge is -2.06. The third-order valence-electron chi connectivity index (χ3n) is 2.78. The lowest BCUT2D eigenvalue weighted by atomic mass is 10.1. The fourth-order valence-electron chi connectivity index (χ4n) is 1.78. The van der Waals surface area contributed by atoms with Crippen molar-refractivity contribution >= 4 is 17.5 Å². The molecular weight excluding hydrogens is 260 g/mol. The quantitative estimate of drug-likeness (QED) is 0.852. The smallest absolute Gasteiger partial charge is 0.254 e. The molecule has 98 valence electrons. The Kier molecular flexibility index (Phi) is 4.93. The van der Waals surface area contributed by atoms with Gasteiger partial charge in [0.25, 0.3) is 5.91 Å². The average Bonchev–Trinajstić information content (AvgIpc) is 2.45. The molecule has 3 nitrogen and oxygen atoms in total. The predicted molar refractivity (Wildman–Crippen MR) is 76.3 cm³/mol. The largest absolute Gasteiger partial charge is 0.352 e. The van der Waals surface area contributed by atoms with Crippen LogP contribution in [0.5, 0.6) is 0 Å². The van der Waals surface area contributed by atoms with Crippen molar-refractivity contribution in [3.8, 4) is 0 Å². The van der Waals surface area contributed by atoms with Crippen LogP contribution in [0.1, 0.15) is 22.3 Å². The van der Waals surface area contributed by atoms with E-state index >= 15 is 0 Å². The highest BCUT2D eigenvalue weighted by Gasteiger charge is 2.08. The highest BCUT2D eigenvalue weighted by Crippen LogP contribution is 2.12. The molecule has 0 saturated carbocycles. The van der Waals surface area contributed by atoms with E-state index in [0.717, 1.165) is 12.8 Å². The van der Waals surface area contributed by atoms with Gasteiger partial charge in [0.05, 0.1) is 10.6 Å². The third kappa shape index (κ3) is 4.07. The van der Waals surface area contributed by atoms with E-state index in [9.17, 15) is 4.79 Å². The number of amides is 1. The van der Waals surface area contributed by atoms with Crippen molar-refractivity contribution in [1.29, 1.82) is 0 Å². The van der Waals surface area contributed by atoms with E-state index < -0.39 is 0 Å². The summed E-state index contributed by atoms with van der Waals surface area (Å²) in [7, 11) is 0. The molecule has 0 spiro atoms. The van der Waals surface area contributed by atoms with Crippen molar-refractivity contribution < 1.29 is 4.79 Å². The number of aryl methyl sites for hydroxylation is 1. The standard InChI is InChI=1S/C15H15ClN2O/c16-14-8-10-17-11-13(14)15(19)18-9-4-7-12-5-2-1-3-6-12/h1-3,5-6,8,10-11H,4,7,9H2,(H,18,19). The van der Waals surface area contributed by atoms with E-state index in [1.54, 1.807) is 12.3 Å². The summed E-state index contributed by atoms with van der Waals surface area (Å²) in [6.45, 7) is 0.624. The molecule has 0 fully saturated rings. The van der Waals surface area contributed by atoms with E-state index in [1.165, 1.54) is 11.8 Å². The number of pyridine rings is 1. The SMILES string of the molecule is O=C(NCCCc1ccccc1)c1cnccc1Cl. The maximum atomic E-state index is 11.8. The first-order valence-corrected chi connectivity index (χ1v) is 6.57. The summed E-state index contributed by atoms with van der Waals surface area (Å²) >= 11 is 5.93. The molecule has 0 aliphatic rings. The zero-order chi connectivity index (χ0) is 13.5. The van der Waals surface area contributed by atoms with Crippen molar-refractivity contribution in [2.45, 2.75) is 12.8 Å². The first-order valence-electron chi connectivity index (χ1n) is 6.19. The van der Waals surface area contributed by atoms with Gasteiger partial charge in [-0.25, -0.2) is 0 Å². The molecule has 1 heterocycles. The number of benzene rings is 1. The van der Waals surface area contributed by atoms with Crippen molar-refractivity contribution in [2.24, 2.45) is 0 Å². The van der Waals surface area contributed by atoms with E-state index in [2.05, 4.69) is 22.4 Å². The number of carbonyl (C=O) groups is 1. The van der Waals surface area contributed by atoms with E-state index in [1.807, 2.05) is 18.2 Å². The van der Waals surface area contributed by atoms with E-state index in [4.69, 9.17) is 11.6 Å². The molecule has 1 amide bonds. The summed E-state index contributed by atoms with van der Waals surface area (Å²) in [5, 5.41) is 3.27. The Morgan fingerprint density at radius 3 is 2.74 bits per heavy atom. The maximum Gasteiger partial charge on any atom is 0.254 e. The van der Waals surface area contributed by atoms with Crippen molar-refractivity contribution in [2.75, 3.05) is 6.54 Å². The third-order valence-corrected chi connectivity index (χ3v) is 3.11. The summed E-state index contributed by atoms with van der Waals surface area (Å²) in [5.41, 5.74) is 1.69. The first kappa shape index (κ1) is 13.6. The van der Waals surface area contributed by atoms with Gasteiger partial charge in [-0.1, -0.05) is 41.9 Å². The molecule has 1 aromatic carbocycles. The normalized spacial score (nSPS) is 10.2. The molecule has 0 unspecified atom stereocenters. The molecular formula is C15H15ClN2O. The summed E-state index contributed by atoms with van der Waals surface area (Å²) in [6.07, 6.45) is 4.89. The van der Waals surface area contributed by atoms with Gasteiger partial charge in [-0.05, 0) is 24.5 Å². The second-order valence-corrected chi connectivity index (χ2v) is 4.61. The van der Waals surface area contributed by atoms with Crippen molar-refractivity contribution in [3.63, 3.8) is 0 Å². The topological polar surface area (TPSA) is 42.0 Å². The van der Waals surface area contributed by atoms with Gasteiger partial charge in [-0.2, -0.15) is 0 Å². The molecule has 2 aromatic rings. The zero-order valence-electron chi connectivity index (χ0n) is 10.5. The van der Waals surface area contributed by atoms with Gasteiger partial charge in [0.1, 0.15) is 0 Å². The maximum absolute atomic E-state index is 11.8. The summed E-state index contributed by atoms with van der Waals surface area (Å²) in [4.78, 5) is 15.7. The molecule has 2 rings (SSSR count). The molecule has 0 bridgehead atoms. The summed E-state index contributed by atoms with van der Waals surface area (Å²) in [5.74, 6) is -0.175. The number of rotatable bonds is 5. The Labute approximate surface area is 117 Å². The van der Waals surface area contributed by atoms with E-state index in [0.29, 0.717) is 17.1 Å². The predicted octanol–water partition coefficient (Wildman–Crippen LogP) is 3.10. The number of nitrogens with one attached hydrogen (secondary N) is 1. The molecule has 19 heavy (non-hydrogen) atoms. The van der Waals surface area contributed by atoms with Crippen LogP contribution >= 0.6 is 11.6 Å². The van der Waals surface area contributed by atoms with E-state index in [-0.39, 0.29) is 5.91 Å². The monoisotopic (exact) mass is 274 g/mol. The Balaban J connectivity index is 1.77. The minimum Gasteiger partial charge on any atom is -0.352 e. The number of nitrogens with zero attached hydrogens (tertiary/aromatic N) is 1. The zero-order valence-corrected chi connectivity index (χ0v) is 11.2. The minimum absolute atomic E-state index is 0.175. The van der Waals surface area contributed by atoms with Crippen molar-refractivity contribution in [3.05, 3.63) is 64.9 Å². The second-order valence-electron chi connectivity index (χ2n) is 4.20. The lowest BCUT2D eigenvalue weighted by Crippen LogP contribution is -2.25. The number of hydrogen-bond acceptors (Lipinski definition) is 2. The lowest BCUT2D eigenvalue weighted by molar-refractivity contribution is 0.0953. The van der Waals surface area contributed by atoms with Gasteiger partial charge in [0.15, 0.2) is 0 Å². The van der Waals surface area contributed by atoms with Gasteiger partial charge in [-0.15, -0.1) is 0 Å². The molecule has 0 radical (unpaired) electrons. The van der Waals surface area contributed by atoms with Gasteiger partial charge in [-0.3, -0.25) is 9.78 Å². The minimum atomic E-state index is -0.175. The van der Waals surface area contributed by atoms with Crippen LogP contribution in [-0.2, 0) is 6.42 Å². The molecule has 0 aliphatic carbocycles. The van der Waals surface area contributed by atoms with Crippen LogP contribution in [0.25, 0.3) is 0 Å². The molecule has 0 aliphatic heterocycles. The Bertz CT molecular complexity index is 543. The van der Waals surface area contributed by atoms with Crippen LogP contribution in [0.4, 0.5) is 0 Å². The van der Waals surface area contributed by atoms with Crippen LogP contribution in [0.3, 0.4) is 0 Å². The molecule has 1 aromatic heterocycles. The van der Waals surface area contributed by atoms with Gasteiger partial charge < -0.3 is 5.32 Å².